The molecule has 0 bridgehead atoms. The lowest BCUT2D eigenvalue weighted by Crippen LogP contribution is -2.47. The zero-order chi connectivity index (χ0) is 62.3. The number of hydrogen-bond acceptors (Lipinski definition) is 20. The van der Waals surface area contributed by atoms with Gasteiger partial charge in [-0.25, -0.2) is 0 Å². The van der Waals surface area contributed by atoms with Crippen molar-refractivity contribution >= 4 is 72.3 Å². The maximum atomic E-state index is 12.8. The third-order valence-corrected chi connectivity index (χ3v) is 18.5. The molecule has 0 spiro atoms. The third-order valence-electron chi connectivity index (χ3n) is 15.6. The predicted molar refractivity (Wildman–Crippen MR) is 379 cm³/mol. The number of hydrogen-bond donors (Lipinski definition) is 10. The molecule has 4 aromatic rings. The largest absolute Gasteiger partial charge is 0.383 e. The van der Waals surface area contributed by atoms with Crippen molar-refractivity contribution in [2.75, 3.05) is 149 Å². The summed E-state index contributed by atoms with van der Waals surface area (Å²) in [6, 6.07) is 22.3. The Hall–Kier alpha value is -3.84. The molecule has 2 aliphatic heterocycles. The van der Waals surface area contributed by atoms with E-state index in [-0.39, 0.29) is 21.0 Å². The first-order valence-electron chi connectivity index (χ1n) is 32.2. The highest BCUT2D eigenvalue weighted by atomic mass is 79.9. The van der Waals surface area contributed by atoms with E-state index >= 15 is 0 Å². The first kappa shape index (κ1) is 77.6. The number of nitrogens with zero attached hydrogens (tertiary/aromatic N) is 8. The molecule has 26 heteroatoms. The van der Waals surface area contributed by atoms with E-state index in [4.69, 9.17) is 35.3 Å². The minimum Gasteiger partial charge on any atom is -0.383 e. The SMILES string of the molecule is C.C.CCOP(=O)(CCN1CCN(c2cc(N)nc(NCc3ccc(CNCCCNC4CCCCC4)cc3)n2)CC1)OCC.C[Si](C)(C)Br.Nc1cc(N2CCN(CCP(=O)(O)O)CC2)nc(NCc2ccc(CNCCCNC3CCCCC3)cc2)n1. The molecular weight excluding hydrogens is 1250 g/mol. The molecule has 89 heavy (non-hydrogen) atoms. The Bertz CT molecular complexity index is 2620. The molecule has 2 saturated heterocycles. The smallest absolute Gasteiger partial charge is 0.331 e. The molecule has 0 atom stereocenters. The molecule has 4 heterocycles. The van der Waals surface area contributed by atoms with Crippen molar-refractivity contribution < 1.29 is 28.0 Å². The average Bonchev–Trinajstić information content (AvgIpc) is 3.25. The van der Waals surface area contributed by atoms with Crippen molar-refractivity contribution in [3.8, 4) is 0 Å². The minimum absolute atomic E-state index is 0. The fourth-order valence-corrected chi connectivity index (χ4v) is 13.1. The molecule has 2 aliphatic carbocycles. The van der Waals surface area contributed by atoms with Crippen LogP contribution in [0.3, 0.4) is 0 Å². The van der Waals surface area contributed by atoms with E-state index in [0.29, 0.717) is 95.3 Å². The van der Waals surface area contributed by atoms with Gasteiger partial charge in [0.05, 0.1) is 25.5 Å². The Kier molecular flexibility index (Phi) is 36.3. The molecule has 4 aliphatic rings. The van der Waals surface area contributed by atoms with E-state index < -0.39 is 21.9 Å². The van der Waals surface area contributed by atoms with Crippen LogP contribution in [-0.2, 0) is 44.4 Å². The van der Waals surface area contributed by atoms with E-state index in [9.17, 15) is 9.13 Å². The third kappa shape index (κ3) is 32.5. The summed E-state index contributed by atoms with van der Waals surface area (Å²) in [5, 5.41) is 21.2. The quantitative estimate of drug-likeness (QED) is 0.00941. The number of piperazine rings is 2. The summed E-state index contributed by atoms with van der Waals surface area (Å²) in [6.45, 7) is 24.8. The standard InChI is InChI=1S/C31H53N8O3P.C27H45N8O3P.C3H9BrSi.2CH4/c1-3-41-43(40,42-4-2)22-21-38-17-19-39(20-18-38)30-23-29(32)36-31(37-30)35-25-27-13-11-26(12-14-27)24-33-15-8-16-34-28-9-6-5-7-10-28;28-25-19-26(35-15-13-34(14-16-35)17-18-39(36,37)38)33-27(32-25)31-21-23-9-7-22(8-10-23)20-29-11-4-12-30-24-5-2-1-3-6-24;1-5(2,3)4;;/h11-14,23,28,33-34H,3-10,15-22,24-25H2,1-2H3,(H3,32,35,36,37);7-10,19,24,29-30H,1-6,11-18,20-21H2,(H2,36,37,38)(H3,28,31,32,33);1-3H3;2*1H4. The lowest BCUT2D eigenvalue weighted by molar-refractivity contribution is 0.209. The van der Waals surface area contributed by atoms with Gasteiger partial charge in [0.1, 0.15) is 30.0 Å². The Labute approximate surface area is 544 Å². The van der Waals surface area contributed by atoms with Gasteiger partial charge in [0, 0.05) is 116 Å². The van der Waals surface area contributed by atoms with Gasteiger partial charge in [0.25, 0.3) is 0 Å². The summed E-state index contributed by atoms with van der Waals surface area (Å²) in [7, 11) is -7.00. The van der Waals surface area contributed by atoms with Crippen LogP contribution in [0.5, 0.6) is 0 Å². The van der Waals surface area contributed by atoms with Crippen molar-refractivity contribution in [1.82, 2.24) is 51.0 Å². The van der Waals surface area contributed by atoms with Crippen LogP contribution in [0.25, 0.3) is 0 Å². The van der Waals surface area contributed by atoms with Crippen LogP contribution >= 0.6 is 30.5 Å². The summed E-state index contributed by atoms with van der Waals surface area (Å²) in [4.78, 5) is 45.1. The Morgan fingerprint density at radius 3 is 1.25 bits per heavy atom. The maximum Gasteiger partial charge on any atom is 0.331 e. The summed E-state index contributed by atoms with van der Waals surface area (Å²) in [5.41, 5.74) is 17.1. The minimum atomic E-state index is -3.97. The highest BCUT2D eigenvalue weighted by Crippen LogP contribution is 2.47. The van der Waals surface area contributed by atoms with Crippen LogP contribution in [0, 0.1) is 0 Å². The van der Waals surface area contributed by atoms with E-state index in [1.54, 1.807) is 6.07 Å². The molecule has 2 aromatic heterocycles. The van der Waals surface area contributed by atoms with Crippen molar-refractivity contribution in [3.05, 3.63) is 82.9 Å². The first-order chi connectivity index (χ1) is 41.8. The molecule has 0 amide bonds. The van der Waals surface area contributed by atoms with Gasteiger partial charge in [0.2, 0.25) is 11.9 Å². The van der Waals surface area contributed by atoms with Crippen molar-refractivity contribution in [2.24, 2.45) is 0 Å². The number of halogens is 1. The van der Waals surface area contributed by atoms with E-state index in [2.05, 4.69) is 150 Å². The highest BCUT2D eigenvalue weighted by molar-refractivity contribution is 9.26. The predicted octanol–water partition coefficient (Wildman–Crippen LogP) is 10.3. The monoisotopic (exact) mass is 1360 g/mol. The number of aromatic nitrogens is 4. The molecule has 2 aromatic carbocycles. The van der Waals surface area contributed by atoms with Crippen molar-refractivity contribution in [3.63, 3.8) is 0 Å². The summed E-state index contributed by atoms with van der Waals surface area (Å²) in [5.74, 6) is 3.44. The first-order valence-corrected chi connectivity index (χ1v) is 41.5. The van der Waals surface area contributed by atoms with Gasteiger partial charge in [-0.3, -0.25) is 18.9 Å². The molecular formula is C63H115BrN16O6P2Si. The maximum absolute atomic E-state index is 12.8. The molecule has 0 unspecified atom stereocenters. The molecule has 12 N–H and O–H groups in total. The van der Waals surface area contributed by atoms with Crippen LogP contribution in [0.2, 0.25) is 19.6 Å². The van der Waals surface area contributed by atoms with Gasteiger partial charge in [-0.05, 0) is 101 Å². The molecule has 0 radical (unpaired) electrons. The van der Waals surface area contributed by atoms with Crippen LogP contribution in [-0.4, -0.2) is 175 Å². The fourth-order valence-electron chi connectivity index (χ4n) is 10.9. The van der Waals surface area contributed by atoms with Gasteiger partial charge >= 0.3 is 15.2 Å². The number of nitrogens with two attached hydrogens (primary N) is 2. The van der Waals surface area contributed by atoms with Gasteiger partial charge < -0.3 is 72.0 Å². The normalized spacial score (nSPS) is 16.5. The number of nitrogens with one attached hydrogen (secondary N) is 6. The highest BCUT2D eigenvalue weighted by Gasteiger charge is 2.27. The van der Waals surface area contributed by atoms with Crippen molar-refractivity contribution in [1.29, 1.82) is 0 Å². The van der Waals surface area contributed by atoms with Crippen LogP contribution in [0.1, 0.15) is 128 Å². The van der Waals surface area contributed by atoms with Crippen LogP contribution < -0.4 is 53.2 Å². The molecule has 22 nitrogen and oxygen atoms in total. The topological polar surface area (TPSA) is 282 Å². The Balaban J connectivity index is 0.000000347. The van der Waals surface area contributed by atoms with Crippen molar-refractivity contribution in [2.45, 2.75) is 164 Å². The van der Waals surface area contributed by atoms with Gasteiger partial charge in [-0.1, -0.05) is 122 Å². The van der Waals surface area contributed by atoms with Crippen LogP contribution in [0.15, 0.2) is 60.7 Å². The summed E-state index contributed by atoms with van der Waals surface area (Å²) >= 11 is 3.51. The molecule has 504 valence electrons. The fraction of sp³-hybridized carbons (Fsp3) is 0.683. The number of benzene rings is 2. The Morgan fingerprint density at radius 2 is 0.899 bits per heavy atom. The second-order valence-electron chi connectivity index (χ2n) is 24.2. The zero-order valence-electron chi connectivity index (χ0n) is 53.0. The lowest BCUT2D eigenvalue weighted by atomic mass is 9.95. The molecule has 4 fully saturated rings. The van der Waals surface area contributed by atoms with E-state index in [1.807, 2.05) is 19.9 Å². The second-order valence-corrected chi connectivity index (χ2v) is 39.4. The van der Waals surface area contributed by atoms with Gasteiger partial charge in [-0.15, -0.1) is 15.3 Å². The van der Waals surface area contributed by atoms with E-state index in [1.165, 1.54) is 75.3 Å². The average molecular weight is 1360 g/mol. The summed E-state index contributed by atoms with van der Waals surface area (Å²) in [6.07, 6.45) is 16.3. The summed E-state index contributed by atoms with van der Waals surface area (Å²) < 4.78 is 34.8. The molecule has 8 rings (SSSR count). The van der Waals surface area contributed by atoms with Crippen LogP contribution in [0.4, 0.5) is 35.2 Å². The van der Waals surface area contributed by atoms with Gasteiger partial charge in [-0.2, -0.15) is 19.9 Å². The number of anilines is 6. The number of nitrogen functional groups attached to an aromatic ring is 2. The van der Waals surface area contributed by atoms with E-state index in [0.717, 1.165) is 113 Å². The zero-order valence-corrected chi connectivity index (χ0v) is 57.4. The number of rotatable bonds is 32. The Morgan fingerprint density at radius 1 is 0.551 bits per heavy atom. The molecule has 2 saturated carbocycles. The van der Waals surface area contributed by atoms with Gasteiger partial charge in [0.15, 0.2) is 0 Å². The lowest BCUT2D eigenvalue weighted by Gasteiger charge is -2.35. The second kappa shape index (κ2) is 41.7.